The second-order valence-electron chi connectivity index (χ2n) is 8.61. The van der Waals surface area contributed by atoms with Gasteiger partial charge in [0.05, 0.1) is 19.3 Å². The zero-order valence-corrected chi connectivity index (χ0v) is 17.6. The van der Waals surface area contributed by atoms with E-state index < -0.39 is 0 Å². The number of morpholine rings is 1. The highest BCUT2D eigenvalue weighted by Gasteiger charge is 2.48. The first-order valence-corrected chi connectivity index (χ1v) is 11.1. The molecule has 0 N–H and O–H groups in total. The Morgan fingerprint density at radius 3 is 2.70 bits per heavy atom. The molecule has 3 saturated heterocycles. The summed E-state index contributed by atoms with van der Waals surface area (Å²) in [6.45, 7) is 7.39. The summed E-state index contributed by atoms with van der Waals surface area (Å²) in [6.07, 6.45) is 3.59. The molecule has 1 aromatic heterocycles. The highest BCUT2D eigenvalue weighted by Crippen LogP contribution is 2.38. The third kappa shape index (κ3) is 3.70. The zero-order valence-electron chi connectivity index (χ0n) is 17.6. The third-order valence-corrected chi connectivity index (χ3v) is 6.88. The molecule has 6 heteroatoms. The highest BCUT2D eigenvalue weighted by molar-refractivity contribution is 5.80. The lowest BCUT2D eigenvalue weighted by atomic mass is 10.0. The van der Waals surface area contributed by atoms with Crippen LogP contribution in [0, 0.1) is 0 Å². The fourth-order valence-corrected chi connectivity index (χ4v) is 5.31. The van der Waals surface area contributed by atoms with E-state index in [2.05, 4.69) is 63.0 Å². The van der Waals surface area contributed by atoms with Crippen molar-refractivity contribution in [2.45, 2.75) is 44.4 Å². The molecule has 5 rings (SSSR count). The first-order chi connectivity index (χ1) is 14.7. The number of likely N-dealkylation sites (tertiary alicyclic amines) is 2. The second kappa shape index (κ2) is 8.36. The van der Waals surface area contributed by atoms with Crippen LogP contribution >= 0.6 is 0 Å². The summed E-state index contributed by atoms with van der Waals surface area (Å²) in [5.41, 5.74) is 2.49. The number of anilines is 1. The number of pyridine rings is 1. The predicted octanol–water partition coefficient (Wildman–Crippen LogP) is 2.85. The van der Waals surface area contributed by atoms with Crippen molar-refractivity contribution in [2.75, 3.05) is 37.7 Å². The van der Waals surface area contributed by atoms with Crippen molar-refractivity contribution in [1.29, 1.82) is 0 Å². The average Bonchev–Trinajstić information content (AvgIpc) is 3.33. The molecule has 0 unspecified atom stereocenters. The molecular weight excluding hydrogens is 376 g/mol. The molecule has 3 fully saturated rings. The number of fused-ring (bicyclic) bond motifs is 1. The summed E-state index contributed by atoms with van der Waals surface area (Å²) >= 11 is 0. The topological polar surface area (TPSA) is 48.9 Å². The molecule has 158 valence electrons. The van der Waals surface area contributed by atoms with Crippen LogP contribution in [-0.4, -0.2) is 65.6 Å². The Bertz CT molecular complexity index is 884. The van der Waals surface area contributed by atoms with E-state index in [1.54, 1.807) is 0 Å². The summed E-state index contributed by atoms with van der Waals surface area (Å²) in [5, 5.41) is 0. The maximum absolute atomic E-state index is 12.9. The Labute approximate surface area is 178 Å². The number of rotatable bonds is 5. The summed E-state index contributed by atoms with van der Waals surface area (Å²) < 4.78 is 5.46. The minimum Gasteiger partial charge on any atom is -0.378 e. The molecule has 0 spiro atoms. The number of nitrogens with zero attached hydrogens (tertiary/aromatic N) is 4. The summed E-state index contributed by atoms with van der Waals surface area (Å²) in [4.78, 5) is 24.4. The fourth-order valence-electron chi connectivity index (χ4n) is 5.31. The highest BCUT2D eigenvalue weighted by atomic mass is 16.5. The molecule has 1 amide bonds. The molecule has 30 heavy (non-hydrogen) atoms. The average molecular weight is 407 g/mol. The van der Waals surface area contributed by atoms with Gasteiger partial charge in [-0.1, -0.05) is 30.3 Å². The Hall–Kier alpha value is -2.44. The molecule has 3 aliphatic heterocycles. The number of carbonyl (C=O) groups is 1. The molecule has 3 atom stereocenters. The van der Waals surface area contributed by atoms with Crippen LogP contribution in [0.2, 0.25) is 0 Å². The summed E-state index contributed by atoms with van der Waals surface area (Å²) in [5.74, 6) is 1.32. The van der Waals surface area contributed by atoms with Crippen molar-refractivity contribution in [3.8, 4) is 0 Å². The molecule has 3 aliphatic rings. The molecule has 0 bridgehead atoms. The van der Waals surface area contributed by atoms with Crippen molar-refractivity contribution >= 4 is 11.7 Å². The van der Waals surface area contributed by atoms with Crippen LogP contribution in [0.3, 0.4) is 0 Å². The number of amides is 1. The molecule has 0 saturated carbocycles. The molecule has 2 aromatic rings. The van der Waals surface area contributed by atoms with Crippen LogP contribution in [0.1, 0.15) is 36.9 Å². The van der Waals surface area contributed by atoms with E-state index in [0.29, 0.717) is 18.5 Å². The smallest absolute Gasteiger partial charge is 0.225 e. The van der Waals surface area contributed by atoms with E-state index in [1.165, 1.54) is 11.1 Å². The van der Waals surface area contributed by atoms with Gasteiger partial charge in [0.15, 0.2) is 0 Å². The Morgan fingerprint density at radius 2 is 1.90 bits per heavy atom. The van der Waals surface area contributed by atoms with Gasteiger partial charge >= 0.3 is 0 Å². The first kappa shape index (κ1) is 19.5. The lowest BCUT2D eigenvalue weighted by Gasteiger charge is -2.31. The van der Waals surface area contributed by atoms with Crippen LogP contribution in [-0.2, 0) is 16.1 Å². The minimum absolute atomic E-state index is 0.127. The SMILES string of the molecule is C[C@@H](c1ccccc1)N1C(=O)C[C@H]2[C@@H]1CCN2Cc1ccnc(N2CCOCC2)c1. The first-order valence-electron chi connectivity index (χ1n) is 11.1. The van der Waals surface area contributed by atoms with Gasteiger partial charge in [-0.2, -0.15) is 0 Å². The monoisotopic (exact) mass is 406 g/mol. The van der Waals surface area contributed by atoms with Gasteiger partial charge in [-0.3, -0.25) is 9.69 Å². The van der Waals surface area contributed by atoms with E-state index in [4.69, 9.17) is 4.74 Å². The van der Waals surface area contributed by atoms with Crippen molar-refractivity contribution in [2.24, 2.45) is 0 Å². The maximum atomic E-state index is 12.9. The molecular formula is C24H30N4O2. The van der Waals surface area contributed by atoms with E-state index in [9.17, 15) is 4.79 Å². The molecule has 1 aromatic carbocycles. The molecule has 0 aliphatic carbocycles. The zero-order chi connectivity index (χ0) is 20.5. The van der Waals surface area contributed by atoms with Gasteiger partial charge in [-0.05, 0) is 36.6 Å². The summed E-state index contributed by atoms with van der Waals surface area (Å²) in [6, 6.07) is 15.5. The normalized spacial score (nSPS) is 25.6. The molecule has 6 nitrogen and oxygen atoms in total. The van der Waals surface area contributed by atoms with Crippen molar-refractivity contribution in [1.82, 2.24) is 14.8 Å². The number of benzene rings is 1. The fraction of sp³-hybridized carbons (Fsp3) is 0.500. The Balaban J connectivity index is 1.29. The number of carbonyl (C=O) groups excluding carboxylic acids is 1. The van der Waals surface area contributed by atoms with Gasteiger partial charge in [0.25, 0.3) is 0 Å². The standard InChI is InChI=1S/C24H30N4O2/c1-18(20-5-3-2-4-6-20)28-21-8-10-27(22(21)16-24(28)29)17-19-7-9-25-23(15-19)26-11-13-30-14-12-26/h2-7,9,15,18,21-22H,8,10-14,16-17H2,1H3/t18-,21-,22-/m0/s1. The van der Waals surface area contributed by atoms with Gasteiger partial charge in [0, 0.05) is 50.9 Å². The summed E-state index contributed by atoms with van der Waals surface area (Å²) in [7, 11) is 0. The maximum Gasteiger partial charge on any atom is 0.225 e. The van der Waals surface area contributed by atoms with E-state index in [0.717, 1.165) is 51.6 Å². The van der Waals surface area contributed by atoms with Gasteiger partial charge in [0.1, 0.15) is 5.82 Å². The van der Waals surface area contributed by atoms with Crippen molar-refractivity contribution in [3.05, 3.63) is 59.8 Å². The molecule has 4 heterocycles. The van der Waals surface area contributed by atoms with E-state index in [1.807, 2.05) is 12.3 Å². The number of aromatic nitrogens is 1. The van der Waals surface area contributed by atoms with Crippen molar-refractivity contribution in [3.63, 3.8) is 0 Å². The van der Waals surface area contributed by atoms with Gasteiger partial charge in [-0.25, -0.2) is 4.98 Å². The largest absolute Gasteiger partial charge is 0.378 e. The van der Waals surface area contributed by atoms with E-state index in [-0.39, 0.29) is 11.9 Å². The van der Waals surface area contributed by atoms with Crippen molar-refractivity contribution < 1.29 is 9.53 Å². The number of hydrogen-bond donors (Lipinski definition) is 0. The van der Waals surface area contributed by atoms with Crippen LogP contribution < -0.4 is 4.90 Å². The van der Waals surface area contributed by atoms with Crippen LogP contribution in [0.25, 0.3) is 0 Å². The Kier molecular flexibility index (Phi) is 5.44. The molecule has 0 radical (unpaired) electrons. The van der Waals surface area contributed by atoms with Gasteiger partial charge < -0.3 is 14.5 Å². The minimum atomic E-state index is 0.127. The van der Waals surface area contributed by atoms with Crippen LogP contribution in [0.15, 0.2) is 48.7 Å². The van der Waals surface area contributed by atoms with Gasteiger partial charge in [-0.15, -0.1) is 0 Å². The van der Waals surface area contributed by atoms with Crippen LogP contribution in [0.4, 0.5) is 5.82 Å². The third-order valence-electron chi connectivity index (χ3n) is 6.88. The van der Waals surface area contributed by atoms with Crippen LogP contribution in [0.5, 0.6) is 0 Å². The Morgan fingerprint density at radius 1 is 1.10 bits per heavy atom. The predicted molar refractivity (Wildman–Crippen MR) is 116 cm³/mol. The van der Waals surface area contributed by atoms with E-state index >= 15 is 0 Å². The second-order valence-corrected chi connectivity index (χ2v) is 8.61. The quantitative estimate of drug-likeness (QED) is 0.764. The number of ether oxygens (including phenoxy) is 1. The lowest BCUT2D eigenvalue weighted by molar-refractivity contribution is -0.131. The number of hydrogen-bond acceptors (Lipinski definition) is 5. The van der Waals surface area contributed by atoms with Gasteiger partial charge in [0.2, 0.25) is 5.91 Å². The lowest BCUT2D eigenvalue weighted by Crippen LogP contribution is -2.38.